The van der Waals surface area contributed by atoms with Crippen molar-refractivity contribution in [1.29, 1.82) is 0 Å². The van der Waals surface area contributed by atoms with Crippen LogP contribution < -0.4 is 21.3 Å². The maximum atomic E-state index is 10.9. The average molecular weight is 337 g/mol. The van der Waals surface area contributed by atoms with Gasteiger partial charge in [0.2, 0.25) is 0 Å². The summed E-state index contributed by atoms with van der Waals surface area (Å²) in [4.78, 5) is 10.9. The number of hydrazine groups is 1. The van der Waals surface area contributed by atoms with Gasteiger partial charge in [0.15, 0.2) is 0 Å². The van der Waals surface area contributed by atoms with Gasteiger partial charge in [-0.25, -0.2) is 14.9 Å². The maximum absolute atomic E-state index is 10.9. The Morgan fingerprint density at radius 1 is 1.16 bits per heavy atom. The molecule has 2 amide bonds. The normalized spacial score (nSPS) is 10.4. The molecule has 0 fully saturated rings. The van der Waals surface area contributed by atoms with E-state index in [1.165, 1.54) is 0 Å². The number of hydrogen-bond acceptors (Lipinski definition) is 4. The van der Waals surface area contributed by atoms with Crippen LogP contribution in [0.5, 0.6) is 5.75 Å². The van der Waals surface area contributed by atoms with Gasteiger partial charge in [-0.2, -0.15) is 5.10 Å². The van der Waals surface area contributed by atoms with E-state index < -0.39 is 6.03 Å². The summed E-state index contributed by atoms with van der Waals surface area (Å²) in [5.41, 5.74) is 13.9. The number of para-hydroxylation sites is 1. The quantitative estimate of drug-likeness (QED) is 0.601. The van der Waals surface area contributed by atoms with Crippen molar-refractivity contribution in [3.05, 3.63) is 66.4 Å². The van der Waals surface area contributed by atoms with Gasteiger partial charge in [0.1, 0.15) is 5.75 Å². The number of rotatable bonds is 6. The highest BCUT2D eigenvalue weighted by molar-refractivity contribution is 5.71. The van der Waals surface area contributed by atoms with Crippen LogP contribution in [0.25, 0.3) is 16.9 Å². The van der Waals surface area contributed by atoms with Crippen LogP contribution in [-0.2, 0) is 6.54 Å². The summed E-state index contributed by atoms with van der Waals surface area (Å²) in [5, 5.41) is 4.70. The fourth-order valence-electron chi connectivity index (χ4n) is 2.47. The second-order valence-corrected chi connectivity index (χ2v) is 5.35. The summed E-state index contributed by atoms with van der Waals surface area (Å²) in [6.45, 7) is 0.386. The van der Waals surface area contributed by atoms with Crippen molar-refractivity contribution in [3.8, 4) is 22.7 Å². The van der Waals surface area contributed by atoms with Crippen molar-refractivity contribution in [2.24, 2.45) is 5.73 Å². The first-order valence-electron chi connectivity index (χ1n) is 7.74. The molecule has 0 radical (unpaired) electrons. The van der Waals surface area contributed by atoms with E-state index in [9.17, 15) is 4.79 Å². The van der Waals surface area contributed by atoms with Crippen molar-refractivity contribution in [3.63, 3.8) is 0 Å². The molecular formula is C18H19N5O2. The van der Waals surface area contributed by atoms with E-state index in [1.807, 2.05) is 60.8 Å². The third-order valence-electron chi connectivity index (χ3n) is 3.66. The third kappa shape index (κ3) is 3.96. The molecular weight excluding hydrogens is 318 g/mol. The highest BCUT2D eigenvalue weighted by Gasteiger charge is 2.12. The Balaban J connectivity index is 1.95. The zero-order chi connectivity index (χ0) is 17.6. The van der Waals surface area contributed by atoms with Crippen LogP contribution in [0.3, 0.4) is 0 Å². The monoisotopic (exact) mass is 337 g/mol. The van der Waals surface area contributed by atoms with E-state index in [2.05, 4.69) is 10.9 Å². The summed E-state index contributed by atoms with van der Waals surface area (Å²) in [6, 6.07) is 16.8. The molecule has 1 aromatic heterocycles. The lowest BCUT2D eigenvalue weighted by Gasteiger charge is -2.06. The summed E-state index contributed by atoms with van der Waals surface area (Å²) < 4.78 is 7.01. The van der Waals surface area contributed by atoms with E-state index in [4.69, 9.17) is 15.6 Å². The molecule has 2 aromatic carbocycles. The van der Waals surface area contributed by atoms with Crippen LogP contribution in [0.1, 0.15) is 5.56 Å². The number of nitrogens with two attached hydrogens (primary N) is 1. The number of hydrogen-bond donors (Lipinski definition) is 3. The van der Waals surface area contributed by atoms with E-state index in [0.717, 1.165) is 28.3 Å². The number of carbonyl (C=O) groups excluding carboxylic acids is 1. The van der Waals surface area contributed by atoms with Crippen molar-refractivity contribution in [1.82, 2.24) is 20.6 Å². The number of amides is 2. The molecule has 0 bridgehead atoms. The SMILES string of the molecule is COc1ccc(-c2nn(-c3ccccc3)cc2CNNC(N)=O)cc1. The van der Waals surface area contributed by atoms with Gasteiger partial charge >= 0.3 is 6.03 Å². The van der Waals surface area contributed by atoms with Gasteiger partial charge in [-0.1, -0.05) is 18.2 Å². The maximum Gasteiger partial charge on any atom is 0.326 e. The number of benzene rings is 2. The van der Waals surface area contributed by atoms with Crippen molar-refractivity contribution < 1.29 is 9.53 Å². The second kappa shape index (κ2) is 7.50. The van der Waals surface area contributed by atoms with Crippen LogP contribution in [-0.4, -0.2) is 22.9 Å². The summed E-state index contributed by atoms with van der Waals surface area (Å²) in [5.74, 6) is 0.779. The van der Waals surface area contributed by atoms with Gasteiger partial charge in [-0.15, -0.1) is 0 Å². The van der Waals surface area contributed by atoms with Gasteiger partial charge in [0.05, 0.1) is 18.5 Å². The summed E-state index contributed by atoms with van der Waals surface area (Å²) in [7, 11) is 1.63. The number of carbonyl (C=O) groups is 1. The summed E-state index contributed by atoms with van der Waals surface area (Å²) >= 11 is 0. The fraction of sp³-hybridized carbons (Fsp3) is 0.111. The van der Waals surface area contributed by atoms with Gasteiger partial charge in [-0.05, 0) is 36.4 Å². The number of aromatic nitrogens is 2. The largest absolute Gasteiger partial charge is 0.497 e. The average Bonchev–Trinajstić information content (AvgIpc) is 3.06. The van der Waals surface area contributed by atoms with Crippen LogP contribution in [0.4, 0.5) is 4.79 Å². The number of urea groups is 1. The van der Waals surface area contributed by atoms with Crippen LogP contribution in [0.2, 0.25) is 0 Å². The highest BCUT2D eigenvalue weighted by atomic mass is 16.5. The number of primary amides is 1. The molecule has 128 valence electrons. The van der Waals surface area contributed by atoms with E-state index >= 15 is 0 Å². The molecule has 1 heterocycles. The van der Waals surface area contributed by atoms with E-state index in [-0.39, 0.29) is 0 Å². The Labute approximate surface area is 145 Å². The van der Waals surface area contributed by atoms with Gasteiger partial charge in [-0.3, -0.25) is 5.43 Å². The lowest BCUT2D eigenvalue weighted by atomic mass is 10.1. The van der Waals surface area contributed by atoms with Crippen molar-refractivity contribution in [2.75, 3.05) is 7.11 Å². The Morgan fingerprint density at radius 2 is 1.88 bits per heavy atom. The lowest BCUT2D eigenvalue weighted by Crippen LogP contribution is -2.40. The highest BCUT2D eigenvalue weighted by Crippen LogP contribution is 2.25. The van der Waals surface area contributed by atoms with Crippen LogP contribution in [0.15, 0.2) is 60.8 Å². The molecule has 0 aliphatic carbocycles. The zero-order valence-electron chi connectivity index (χ0n) is 13.8. The molecule has 7 heteroatoms. The number of nitrogens with zero attached hydrogens (tertiary/aromatic N) is 2. The lowest BCUT2D eigenvalue weighted by molar-refractivity contribution is 0.244. The van der Waals surface area contributed by atoms with E-state index in [1.54, 1.807) is 11.8 Å². The zero-order valence-corrected chi connectivity index (χ0v) is 13.8. The Bertz CT molecular complexity index is 844. The van der Waals surface area contributed by atoms with Crippen LogP contribution in [0, 0.1) is 0 Å². The molecule has 7 nitrogen and oxygen atoms in total. The summed E-state index contributed by atoms with van der Waals surface area (Å²) in [6.07, 6.45) is 1.92. The molecule has 0 aliphatic heterocycles. The van der Waals surface area contributed by atoms with Gasteiger partial charge < -0.3 is 10.5 Å². The molecule has 0 saturated heterocycles. The van der Waals surface area contributed by atoms with Gasteiger partial charge in [0, 0.05) is 23.9 Å². The van der Waals surface area contributed by atoms with Crippen LogP contribution >= 0.6 is 0 Å². The minimum Gasteiger partial charge on any atom is -0.497 e. The topological polar surface area (TPSA) is 94.2 Å². The first-order chi connectivity index (χ1) is 12.2. The van der Waals surface area contributed by atoms with Crippen molar-refractivity contribution in [2.45, 2.75) is 6.54 Å². The Morgan fingerprint density at radius 3 is 2.52 bits per heavy atom. The van der Waals surface area contributed by atoms with E-state index in [0.29, 0.717) is 6.54 Å². The number of methoxy groups -OCH3 is 1. The Hall–Kier alpha value is -3.32. The first-order valence-corrected chi connectivity index (χ1v) is 7.74. The molecule has 4 N–H and O–H groups in total. The molecule has 3 rings (SSSR count). The Kier molecular flexibility index (Phi) is 4.96. The predicted octanol–water partition coefficient (Wildman–Crippen LogP) is 2.22. The number of ether oxygens (including phenoxy) is 1. The fourth-order valence-corrected chi connectivity index (χ4v) is 2.47. The third-order valence-corrected chi connectivity index (χ3v) is 3.66. The molecule has 0 spiro atoms. The molecule has 0 aliphatic rings. The molecule has 0 unspecified atom stereocenters. The molecule has 0 saturated carbocycles. The van der Waals surface area contributed by atoms with Gasteiger partial charge in [0.25, 0.3) is 0 Å². The molecule has 3 aromatic rings. The minimum atomic E-state index is -0.638. The minimum absolute atomic E-state index is 0.386. The predicted molar refractivity (Wildman–Crippen MR) is 95.1 cm³/mol. The second-order valence-electron chi connectivity index (χ2n) is 5.35. The first kappa shape index (κ1) is 16.5. The number of nitrogens with one attached hydrogen (secondary N) is 2. The standard InChI is InChI=1S/C18H19N5O2/c1-25-16-9-7-13(8-10-16)17-14(11-20-21-18(19)24)12-23(22-17)15-5-3-2-4-6-15/h2-10,12,20H,11H2,1H3,(H3,19,21,24). The van der Waals surface area contributed by atoms with Crippen molar-refractivity contribution >= 4 is 6.03 Å². The molecule has 25 heavy (non-hydrogen) atoms. The smallest absolute Gasteiger partial charge is 0.326 e. The molecule has 0 atom stereocenters.